The summed E-state index contributed by atoms with van der Waals surface area (Å²) >= 11 is 0. The Labute approximate surface area is 106 Å². The van der Waals surface area contributed by atoms with E-state index in [-0.39, 0.29) is 0 Å². The normalized spacial score (nSPS) is 11.1. The van der Waals surface area contributed by atoms with Crippen LogP contribution in [0.15, 0.2) is 29.4 Å². The maximum Gasteiger partial charge on any atom is 0.344 e. The Kier molecular flexibility index (Phi) is 5.70. The molecule has 0 aromatic heterocycles. The Bertz CT molecular complexity index is 412. The van der Waals surface area contributed by atoms with Crippen molar-refractivity contribution in [1.29, 1.82) is 0 Å². The van der Waals surface area contributed by atoms with E-state index in [1.54, 1.807) is 6.92 Å². The predicted octanol–water partition coefficient (Wildman–Crippen LogP) is 2.30. The molecular weight excluding hydrogens is 234 g/mol. The summed E-state index contributed by atoms with van der Waals surface area (Å²) in [6, 6.07) is 7.41. The van der Waals surface area contributed by atoms with E-state index < -0.39 is 12.6 Å². The molecule has 5 heteroatoms. The van der Waals surface area contributed by atoms with Gasteiger partial charge in [0.05, 0.1) is 12.3 Å². The van der Waals surface area contributed by atoms with E-state index in [9.17, 15) is 4.79 Å². The van der Waals surface area contributed by atoms with E-state index in [1.165, 1.54) is 0 Å². The molecule has 0 spiro atoms. The number of nitrogens with zero attached hydrogens (tertiary/aromatic N) is 1. The van der Waals surface area contributed by atoms with Gasteiger partial charge in [-0.2, -0.15) is 0 Å². The Morgan fingerprint density at radius 1 is 1.33 bits per heavy atom. The number of aliphatic carboxylic acids is 1. The lowest BCUT2D eigenvalue weighted by atomic mass is 10.1. The number of carboxylic acids is 1. The fourth-order valence-electron chi connectivity index (χ4n) is 1.25. The number of oxime groups is 1. The molecule has 1 aromatic rings. The topological polar surface area (TPSA) is 68.1 Å². The van der Waals surface area contributed by atoms with Gasteiger partial charge in [-0.1, -0.05) is 12.1 Å². The zero-order valence-electron chi connectivity index (χ0n) is 10.5. The summed E-state index contributed by atoms with van der Waals surface area (Å²) in [5, 5.41) is 12.1. The monoisotopic (exact) mass is 251 g/mol. The second-order valence-corrected chi connectivity index (χ2v) is 3.72. The Morgan fingerprint density at radius 2 is 2.00 bits per heavy atom. The molecule has 0 unspecified atom stereocenters. The summed E-state index contributed by atoms with van der Waals surface area (Å²) < 4.78 is 5.45. The van der Waals surface area contributed by atoms with Gasteiger partial charge in [0.2, 0.25) is 6.61 Å². The van der Waals surface area contributed by atoms with Crippen molar-refractivity contribution in [2.45, 2.75) is 20.3 Å². The number of benzene rings is 1. The summed E-state index contributed by atoms with van der Waals surface area (Å²) in [4.78, 5) is 14.9. The molecule has 0 aliphatic heterocycles. The standard InChI is InChI=1S/C13H17NO4/c1-3-8-17-12-6-4-11(5-7-12)10(2)14-18-9-13(15)16/h4-7H,3,8-9H2,1-2H3,(H,15,16). The van der Waals surface area contributed by atoms with Gasteiger partial charge in [-0.3, -0.25) is 0 Å². The third kappa shape index (κ3) is 4.86. The van der Waals surface area contributed by atoms with Gasteiger partial charge < -0.3 is 14.7 Å². The molecule has 0 radical (unpaired) electrons. The molecule has 0 aliphatic rings. The van der Waals surface area contributed by atoms with Gasteiger partial charge in [0.15, 0.2) is 0 Å². The smallest absolute Gasteiger partial charge is 0.344 e. The number of hydrogen-bond donors (Lipinski definition) is 1. The van der Waals surface area contributed by atoms with Crippen molar-refractivity contribution in [1.82, 2.24) is 0 Å². The highest BCUT2D eigenvalue weighted by atomic mass is 16.6. The average Bonchev–Trinajstić information content (AvgIpc) is 2.36. The van der Waals surface area contributed by atoms with Crippen LogP contribution in [0.1, 0.15) is 25.8 Å². The van der Waals surface area contributed by atoms with E-state index in [2.05, 4.69) is 9.99 Å². The molecule has 0 atom stereocenters. The van der Waals surface area contributed by atoms with Crippen molar-refractivity contribution >= 4 is 11.7 Å². The molecule has 1 rings (SSSR count). The minimum atomic E-state index is -1.05. The number of hydrogen-bond acceptors (Lipinski definition) is 4. The van der Waals surface area contributed by atoms with Crippen molar-refractivity contribution in [2.24, 2.45) is 5.16 Å². The maximum absolute atomic E-state index is 10.3. The lowest BCUT2D eigenvalue weighted by Crippen LogP contribution is -2.05. The quantitative estimate of drug-likeness (QED) is 0.596. The summed E-state index contributed by atoms with van der Waals surface area (Å²) in [5.74, 6) is -0.241. The lowest BCUT2D eigenvalue weighted by molar-refractivity contribution is -0.142. The number of rotatable bonds is 7. The number of carboxylic acid groups (broad SMARTS) is 1. The molecule has 5 nitrogen and oxygen atoms in total. The van der Waals surface area contributed by atoms with Gasteiger partial charge in [-0.25, -0.2) is 4.79 Å². The highest BCUT2D eigenvalue weighted by Gasteiger charge is 2.00. The minimum Gasteiger partial charge on any atom is -0.494 e. The molecular formula is C13H17NO4. The van der Waals surface area contributed by atoms with E-state index in [0.717, 1.165) is 17.7 Å². The molecule has 0 saturated carbocycles. The Morgan fingerprint density at radius 3 is 2.56 bits per heavy atom. The van der Waals surface area contributed by atoms with Crippen LogP contribution < -0.4 is 4.74 Å². The third-order valence-corrected chi connectivity index (χ3v) is 2.13. The molecule has 1 aromatic carbocycles. The molecule has 0 heterocycles. The highest BCUT2D eigenvalue weighted by Crippen LogP contribution is 2.13. The van der Waals surface area contributed by atoms with E-state index in [0.29, 0.717) is 12.3 Å². The van der Waals surface area contributed by atoms with Crippen LogP contribution in [0.25, 0.3) is 0 Å². The highest BCUT2D eigenvalue weighted by molar-refractivity contribution is 5.98. The van der Waals surface area contributed by atoms with Gasteiger partial charge in [0.1, 0.15) is 5.75 Å². The first-order valence-electron chi connectivity index (χ1n) is 5.75. The van der Waals surface area contributed by atoms with Crippen LogP contribution in [-0.2, 0) is 9.63 Å². The van der Waals surface area contributed by atoms with Gasteiger partial charge in [-0.15, -0.1) is 0 Å². The van der Waals surface area contributed by atoms with Crippen LogP contribution in [0.4, 0.5) is 0 Å². The Hall–Kier alpha value is -2.04. The second kappa shape index (κ2) is 7.32. The lowest BCUT2D eigenvalue weighted by Gasteiger charge is -2.05. The van der Waals surface area contributed by atoms with Crippen molar-refractivity contribution in [3.63, 3.8) is 0 Å². The van der Waals surface area contributed by atoms with Gasteiger partial charge in [0.25, 0.3) is 0 Å². The SMILES string of the molecule is CCCOc1ccc(C(C)=NOCC(=O)O)cc1. The first-order valence-corrected chi connectivity index (χ1v) is 5.75. The summed E-state index contributed by atoms with van der Waals surface area (Å²) in [7, 11) is 0. The van der Waals surface area contributed by atoms with Gasteiger partial charge in [0, 0.05) is 0 Å². The van der Waals surface area contributed by atoms with Crippen LogP contribution >= 0.6 is 0 Å². The summed E-state index contributed by atoms with van der Waals surface area (Å²) in [6.07, 6.45) is 0.964. The summed E-state index contributed by atoms with van der Waals surface area (Å²) in [5.41, 5.74) is 1.49. The first-order chi connectivity index (χ1) is 8.63. The largest absolute Gasteiger partial charge is 0.494 e. The number of carbonyl (C=O) groups is 1. The number of ether oxygens (including phenoxy) is 1. The van der Waals surface area contributed by atoms with Gasteiger partial charge in [-0.05, 0) is 43.2 Å². The Balaban J connectivity index is 2.58. The molecule has 18 heavy (non-hydrogen) atoms. The molecule has 0 amide bonds. The molecule has 0 fully saturated rings. The van der Waals surface area contributed by atoms with Gasteiger partial charge >= 0.3 is 5.97 Å². The van der Waals surface area contributed by atoms with Crippen LogP contribution in [0, 0.1) is 0 Å². The van der Waals surface area contributed by atoms with Crippen molar-refractivity contribution in [2.75, 3.05) is 13.2 Å². The molecule has 0 aliphatic carbocycles. The van der Waals surface area contributed by atoms with E-state index in [4.69, 9.17) is 9.84 Å². The molecule has 1 N–H and O–H groups in total. The fourth-order valence-corrected chi connectivity index (χ4v) is 1.25. The minimum absolute atomic E-state index is 0.435. The van der Waals surface area contributed by atoms with Crippen molar-refractivity contribution in [3.8, 4) is 5.75 Å². The molecule has 0 bridgehead atoms. The van der Waals surface area contributed by atoms with Crippen LogP contribution in [0.5, 0.6) is 5.75 Å². The molecule has 0 saturated heterocycles. The predicted molar refractivity (Wildman–Crippen MR) is 68.0 cm³/mol. The zero-order valence-corrected chi connectivity index (χ0v) is 10.5. The zero-order chi connectivity index (χ0) is 13.4. The maximum atomic E-state index is 10.3. The first kappa shape index (κ1) is 14.0. The summed E-state index contributed by atoms with van der Waals surface area (Å²) in [6.45, 7) is 4.05. The average molecular weight is 251 g/mol. The fraction of sp³-hybridized carbons (Fsp3) is 0.385. The van der Waals surface area contributed by atoms with Crippen LogP contribution in [0.2, 0.25) is 0 Å². The third-order valence-electron chi connectivity index (χ3n) is 2.13. The molecule has 98 valence electrons. The van der Waals surface area contributed by atoms with E-state index >= 15 is 0 Å². The van der Waals surface area contributed by atoms with E-state index in [1.807, 2.05) is 31.2 Å². The van der Waals surface area contributed by atoms with Crippen LogP contribution in [-0.4, -0.2) is 30.0 Å². The van der Waals surface area contributed by atoms with Crippen molar-refractivity contribution < 1.29 is 19.5 Å². The second-order valence-electron chi connectivity index (χ2n) is 3.72. The van der Waals surface area contributed by atoms with Crippen LogP contribution in [0.3, 0.4) is 0 Å². The van der Waals surface area contributed by atoms with Crippen molar-refractivity contribution in [3.05, 3.63) is 29.8 Å².